The first kappa shape index (κ1) is 12.2. The van der Waals surface area contributed by atoms with Crippen molar-refractivity contribution < 1.29 is 8.78 Å². The molecule has 0 aromatic carbocycles. The van der Waals surface area contributed by atoms with Gasteiger partial charge in [-0.25, -0.2) is 8.78 Å². The minimum Gasteiger partial charge on any atom is -0.316 e. The molecular formula is C12H22F2N2. The van der Waals surface area contributed by atoms with E-state index in [-0.39, 0.29) is 12.8 Å². The molecule has 2 aliphatic heterocycles. The van der Waals surface area contributed by atoms with Crippen LogP contribution in [0.2, 0.25) is 0 Å². The van der Waals surface area contributed by atoms with Crippen molar-refractivity contribution in [2.24, 2.45) is 11.8 Å². The van der Waals surface area contributed by atoms with E-state index in [2.05, 4.69) is 24.1 Å². The zero-order valence-corrected chi connectivity index (χ0v) is 10.2. The molecule has 2 rings (SSSR count). The molecule has 0 radical (unpaired) electrons. The fourth-order valence-corrected chi connectivity index (χ4v) is 3.21. The van der Waals surface area contributed by atoms with E-state index in [1.54, 1.807) is 0 Å². The Labute approximate surface area is 96.4 Å². The lowest BCUT2D eigenvalue weighted by atomic mass is 9.84. The molecule has 2 fully saturated rings. The van der Waals surface area contributed by atoms with Crippen molar-refractivity contribution in [2.45, 2.75) is 38.7 Å². The van der Waals surface area contributed by atoms with Crippen LogP contribution in [0.25, 0.3) is 0 Å². The van der Waals surface area contributed by atoms with Gasteiger partial charge in [0.2, 0.25) is 0 Å². The quantitative estimate of drug-likeness (QED) is 0.743. The second-order valence-corrected chi connectivity index (χ2v) is 5.50. The highest BCUT2D eigenvalue weighted by Crippen LogP contribution is 2.32. The van der Waals surface area contributed by atoms with Gasteiger partial charge in [-0.05, 0) is 24.9 Å². The third kappa shape index (κ3) is 2.54. The van der Waals surface area contributed by atoms with Crippen LogP contribution in [0.5, 0.6) is 0 Å². The van der Waals surface area contributed by atoms with Gasteiger partial charge in [0.05, 0.1) is 0 Å². The highest BCUT2D eigenvalue weighted by molar-refractivity contribution is 4.91. The van der Waals surface area contributed by atoms with Crippen LogP contribution in [0.4, 0.5) is 8.78 Å². The summed E-state index contributed by atoms with van der Waals surface area (Å²) in [7, 11) is 0. The van der Waals surface area contributed by atoms with Crippen molar-refractivity contribution in [1.29, 1.82) is 0 Å². The molecule has 0 aromatic heterocycles. The molecular weight excluding hydrogens is 210 g/mol. The number of likely N-dealkylation sites (tertiary alicyclic amines) is 1. The Bertz CT molecular complexity index is 225. The number of nitrogens with zero attached hydrogens (tertiary/aromatic N) is 1. The van der Waals surface area contributed by atoms with Crippen LogP contribution in [0, 0.1) is 11.8 Å². The zero-order chi connectivity index (χ0) is 11.8. The minimum atomic E-state index is -2.42. The van der Waals surface area contributed by atoms with Crippen LogP contribution in [-0.4, -0.2) is 43.0 Å². The normalized spacial score (nSPS) is 40.9. The predicted octanol–water partition coefficient (Wildman–Crippen LogP) is 1.96. The third-order valence-corrected chi connectivity index (χ3v) is 4.05. The van der Waals surface area contributed by atoms with Crippen LogP contribution in [0.3, 0.4) is 0 Å². The maximum Gasteiger partial charge on any atom is 0.250 e. The molecule has 2 nitrogen and oxygen atoms in total. The van der Waals surface area contributed by atoms with E-state index in [1.807, 2.05) is 0 Å². The summed E-state index contributed by atoms with van der Waals surface area (Å²) in [5, 5.41) is 3.39. The van der Waals surface area contributed by atoms with Gasteiger partial charge in [-0.2, -0.15) is 0 Å². The molecule has 2 saturated heterocycles. The van der Waals surface area contributed by atoms with E-state index in [4.69, 9.17) is 0 Å². The smallest absolute Gasteiger partial charge is 0.250 e. The Morgan fingerprint density at radius 1 is 1.06 bits per heavy atom. The summed E-state index contributed by atoms with van der Waals surface area (Å²) in [6, 6.07) is 0.484. The summed E-state index contributed by atoms with van der Waals surface area (Å²) >= 11 is 0. The van der Waals surface area contributed by atoms with Gasteiger partial charge < -0.3 is 5.32 Å². The Hall–Kier alpha value is -0.220. The van der Waals surface area contributed by atoms with Crippen LogP contribution in [0.1, 0.15) is 26.7 Å². The average Bonchev–Trinajstić information content (AvgIpc) is 2.20. The van der Waals surface area contributed by atoms with E-state index in [0.717, 1.165) is 13.1 Å². The van der Waals surface area contributed by atoms with Gasteiger partial charge in [-0.15, -0.1) is 0 Å². The summed E-state index contributed by atoms with van der Waals surface area (Å²) < 4.78 is 26.2. The van der Waals surface area contributed by atoms with Gasteiger partial charge in [-0.3, -0.25) is 4.90 Å². The van der Waals surface area contributed by atoms with E-state index in [1.165, 1.54) is 0 Å². The summed E-state index contributed by atoms with van der Waals surface area (Å²) in [6.45, 7) is 7.60. The van der Waals surface area contributed by atoms with Crippen molar-refractivity contribution in [3.8, 4) is 0 Å². The first-order valence-electron chi connectivity index (χ1n) is 6.32. The topological polar surface area (TPSA) is 15.3 Å². The fourth-order valence-electron chi connectivity index (χ4n) is 3.21. The van der Waals surface area contributed by atoms with E-state index < -0.39 is 5.92 Å². The third-order valence-electron chi connectivity index (χ3n) is 4.05. The number of rotatable bonds is 1. The number of alkyl halides is 2. The van der Waals surface area contributed by atoms with E-state index in [9.17, 15) is 8.78 Å². The first-order valence-corrected chi connectivity index (χ1v) is 6.32. The van der Waals surface area contributed by atoms with E-state index >= 15 is 0 Å². The number of hydrogen-bond acceptors (Lipinski definition) is 2. The Balaban J connectivity index is 1.96. The molecule has 4 heteroatoms. The molecule has 16 heavy (non-hydrogen) atoms. The lowest BCUT2D eigenvalue weighted by Crippen LogP contribution is -2.56. The molecule has 2 unspecified atom stereocenters. The lowest BCUT2D eigenvalue weighted by Gasteiger charge is -2.45. The zero-order valence-electron chi connectivity index (χ0n) is 10.2. The van der Waals surface area contributed by atoms with Gasteiger partial charge in [0.1, 0.15) is 0 Å². The molecule has 0 amide bonds. The van der Waals surface area contributed by atoms with Crippen LogP contribution in [0.15, 0.2) is 0 Å². The second-order valence-electron chi connectivity index (χ2n) is 5.50. The molecule has 0 bridgehead atoms. The maximum absolute atomic E-state index is 13.1. The Morgan fingerprint density at radius 2 is 1.56 bits per heavy atom. The Morgan fingerprint density at radius 3 is 2.06 bits per heavy atom. The number of halogens is 2. The molecule has 0 spiro atoms. The van der Waals surface area contributed by atoms with Gasteiger partial charge >= 0.3 is 0 Å². The predicted molar refractivity (Wildman–Crippen MR) is 60.7 cm³/mol. The Kier molecular flexibility index (Phi) is 3.50. The van der Waals surface area contributed by atoms with Crippen molar-refractivity contribution in [3.05, 3.63) is 0 Å². The van der Waals surface area contributed by atoms with E-state index in [0.29, 0.717) is 31.0 Å². The summed E-state index contributed by atoms with van der Waals surface area (Å²) in [5.41, 5.74) is 0. The molecule has 0 aliphatic carbocycles. The molecule has 2 heterocycles. The molecule has 0 saturated carbocycles. The highest BCUT2D eigenvalue weighted by atomic mass is 19.3. The number of piperidine rings is 2. The van der Waals surface area contributed by atoms with Crippen molar-refractivity contribution >= 4 is 0 Å². The average molecular weight is 232 g/mol. The summed E-state index contributed by atoms with van der Waals surface area (Å²) in [6.07, 6.45) is 0.0761. The second kappa shape index (κ2) is 4.57. The standard InChI is InChI=1S/C12H22F2N2/c1-9-7-15-8-10(2)11(9)16-5-3-12(13,14)4-6-16/h9-11,15H,3-8H2,1-2H3. The largest absolute Gasteiger partial charge is 0.316 e. The van der Waals surface area contributed by atoms with Gasteiger partial charge in [0.25, 0.3) is 5.92 Å². The molecule has 2 aliphatic rings. The summed E-state index contributed by atoms with van der Waals surface area (Å²) in [4.78, 5) is 2.29. The fraction of sp³-hybridized carbons (Fsp3) is 1.00. The first-order chi connectivity index (χ1) is 7.49. The highest BCUT2D eigenvalue weighted by Gasteiger charge is 2.39. The lowest BCUT2D eigenvalue weighted by molar-refractivity contribution is -0.0750. The van der Waals surface area contributed by atoms with Crippen molar-refractivity contribution in [3.63, 3.8) is 0 Å². The molecule has 94 valence electrons. The monoisotopic (exact) mass is 232 g/mol. The SMILES string of the molecule is CC1CNCC(C)C1N1CCC(F)(F)CC1. The molecule has 0 aromatic rings. The summed E-state index contributed by atoms with van der Waals surface area (Å²) in [5.74, 6) is -1.29. The van der Waals surface area contributed by atoms with Gasteiger partial charge in [-0.1, -0.05) is 13.8 Å². The molecule has 2 atom stereocenters. The van der Waals surface area contributed by atoms with Crippen LogP contribution in [-0.2, 0) is 0 Å². The number of nitrogens with one attached hydrogen (secondary N) is 1. The number of hydrogen-bond donors (Lipinski definition) is 1. The minimum absolute atomic E-state index is 0.0381. The van der Waals surface area contributed by atoms with Crippen molar-refractivity contribution in [2.75, 3.05) is 26.2 Å². The van der Waals surface area contributed by atoms with Crippen LogP contribution < -0.4 is 5.32 Å². The maximum atomic E-state index is 13.1. The van der Waals surface area contributed by atoms with Gasteiger partial charge in [0.15, 0.2) is 0 Å². The van der Waals surface area contributed by atoms with Crippen molar-refractivity contribution in [1.82, 2.24) is 10.2 Å². The molecule has 1 N–H and O–H groups in total. The van der Waals surface area contributed by atoms with Gasteiger partial charge in [0, 0.05) is 32.0 Å². The van der Waals surface area contributed by atoms with Crippen LogP contribution >= 0.6 is 0 Å².